The van der Waals surface area contributed by atoms with Crippen LogP contribution < -0.4 is 5.84 Å². The van der Waals surface area contributed by atoms with Crippen molar-refractivity contribution in [3.8, 4) is 0 Å². The van der Waals surface area contributed by atoms with Crippen LogP contribution in [0, 0.1) is 12.7 Å². The molecule has 0 radical (unpaired) electrons. The normalized spacial score (nSPS) is 23.0. The van der Waals surface area contributed by atoms with Crippen LogP contribution in [0.25, 0.3) is 0 Å². The van der Waals surface area contributed by atoms with Crippen LogP contribution in [0.4, 0.5) is 4.39 Å². The zero-order chi connectivity index (χ0) is 10.8. The topological polar surface area (TPSA) is 29.3 Å². The van der Waals surface area contributed by atoms with Gasteiger partial charge in [-0.3, -0.25) is 5.84 Å². The second kappa shape index (κ2) is 4.29. The van der Waals surface area contributed by atoms with Crippen molar-refractivity contribution < 1.29 is 4.39 Å². The van der Waals surface area contributed by atoms with Gasteiger partial charge < -0.3 is 0 Å². The third-order valence-corrected chi connectivity index (χ3v) is 3.20. The molecule has 0 saturated carbocycles. The molecule has 82 valence electrons. The average molecular weight is 208 g/mol. The van der Waals surface area contributed by atoms with Crippen LogP contribution in [0.1, 0.15) is 29.9 Å². The maximum absolute atomic E-state index is 13.4. The Hall–Kier alpha value is -0.930. The van der Waals surface area contributed by atoms with Crippen LogP contribution in [0.15, 0.2) is 18.2 Å². The number of benzene rings is 1. The van der Waals surface area contributed by atoms with Gasteiger partial charge in [0.25, 0.3) is 0 Å². The molecule has 1 aliphatic rings. The Kier molecular flexibility index (Phi) is 3.03. The van der Waals surface area contributed by atoms with E-state index >= 15 is 0 Å². The molecule has 2 rings (SSSR count). The molecule has 0 amide bonds. The highest BCUT2D eigenvalue weighted by Gasteiger charge is 2.21. The van der Waals surface area contributed by atoms with E-state index in [4.69, 9.17) is 5.84 Å². The van der Waals surface area contributed by atoms with Crippen molar-refractivity contribution in [2.24, 2.45) is 5.84 Å². The second-order valence-electron chi connectivity index (χ2n) is 4.29. The molecule has 15 heavy (non-hydrogen) atoms. The van der Waals surface area contributed by atoms with E-state index in [2.05, 4.69) is 0 Å². The molecule has 1 unspecified atom stereocenters. The summed E-state index contributed by atoms with van der Waals surface area (Å²) < 4.78 is 13.4. The van der Waals surface area contributed by atoms with Crippen molar-refractivity contribution in [3.05, 3.63) is 35.1 Å². The summed E-state index contributed by atoms with van der Waals surface area (Å²) in [5.41, 5.74) is 1.89. The highest BCUT2D eigenvalue weighted by Crippen LogP contribution is 2.28. The minimum Gasteiger partial charge on any atom is -0.269 e. The summed E-state index contributed by atoms with van der Waals surface area (Å²) in [7, 11) is 0. The average Bonchev–Trinajstić information content (AvgIpc) is 2.22. The van der Waals surface area contributed by atoms with Crippen LogP contribution in [-0.4, -0.2) is 18.1 Å². The maximum Gasteiger partial charge on any atom is 0.126 e. The third-order valence-electron chi connectivity index (χ3n) is 3.20. The van der Waals surface area contributed by atoms with E-state index in [1.165, 1.54) is 6.07 Å². The Morgan fingerprint density at radius 1 is 1.47 bits per heavy atom. The number of rotatable bonds is 1. The highest BCUT2D eigenvalue weighted by molar-refractivity contribution is 5.31. The quantitative estimate of drug-likeness (QED) is 0.717. The van der Waals surface area contributed by atoms with Crippen molar-refractivity contribution in [2.75, 3.05) is 13.1 Å². The van der Waals surface area contributed by atoms with Crippen LogP contribution >= 0.6 is 0 Å². The van der Waals surface area contributed by atoms with E-state index in [9.17, 15) is 4.39 Å². The number of piperidine rings is 1. The van der Waals surface area contributed by atoms with Crippen LogP contribution in [0.2, 0.25) is 0 Å². The molecule has 1 aromatic carbocycles. The Morgan fingerprint density at radius 3 is 3.00 bits per heavy atom. The highest BCUT2D eigenvalue weighted by atomic mass is 19.1. The lowest BCUT2D eigenvalue weighted by molar-refractivity contribution is 0.212. The van der Waals surface area contributed by atoms with Gasteiger partial charge in [-0.15, -0.1) is 0 Å². The molecule has 1 atom stereocenters. The molecule has 1 heterocycles. The Morgan fingerprint density at radius 2 is 2.27 bits per heavy atom. The first-order chi connectivity index (χ1) is 7.18. The van der Waals surface area contributed by atoms with Crippen molar-refractivity contribution in [2.45, 2.75) is 25.7 Å². The van der Waals surface area contributed by atoms with Crippen LogP contribution in [-0.2, 0) is 0 Å². The van der Waals surface area contributed by atoms with Crippen LogP contribution in [0.3, 0.4) is 0 Å². The SMILES string of the molecule is Cc1c(F)cccc1C1CCCN(N)C1. The predicted molar refractivity (Wildman–Crippen MR) is 58.9 cm³/mol. The Balaban J connectivity index is 2.24. The molecule has 1 fully saturated rings. The molecular formula is C12H17FN2. The third kappa shape index (κ3) is 2.19. The molecule has 0 aliphatic carbocycles. The van der Waals surface area contributed by atoms with Crippen LogP contribution in [0.5, 0.6) is 0 Å². The molecule has 1 aromatic rings. The summed E-state index contributed by atoms with van der Waals surface area (Å²) in [6.07, 6.45) is 2.20. The summed E-state index contributed by atoms with van der Waals surface area (Å²) in [6, 6.07) is 5.32. The lowest BCUT2D eigenvalue weighted by Crippen LogP contribution is -2.39. The number of halogens is 1. The molecule has 0 aromatic heterocycles. The fourth-order valence-corrected chi connectivity index (χ4v) is 2.33. The fourth-order valence-electron chi connectivity index (χ4n) is 2.33. The maximum atomic E-state index is 13.4. The number of nitrogens with zero attached hydrogens (tertiary/aromatic N) is 1. The zero-order valence-electron chi connectivity index (χ0n) is 9.04. The van der Waals surface area contributed by atoms with Gasteiger partial charge in [-0.25, -0.2) is 9.40 Å². The van der Waals surface area contributed by atoms with Gasteiger partial charge >= 0.3 is 0 Å². The van der Waals surface area contributed by atoms with E-state index in [1.54, 1.807) is 6.07 Å². The largest absolute Gasteiger partial charge is 0.269 e. The molecule has 2 nitrogen and oxygen atoms in total. The molecule has 1 aliphatic heterocycles. The number of hydrogen-bond acceptors (Lipinski definition) is 2. The number of nitrogens with two attached hydrogens (primary N) is 1. The van der Waals surface area contributed by atoms with E-state index in [-0.39, 0.29) is 5.82 Å². The first-order valence-corrected chi connectivity index (χ1v) is 5.43. The zero-order valence-corrected chi connectivity index (χ0v) is 9.04. The first-order valence-electron chi connectivity index (χ1n) is 5.43. The summed E-state index contributed by atoms with van der Waals surface area (Å²) in [5.74, 6) is 6.07. The Labute approximate surface area is 89.9 Å². The molecule has 0 spiro atoms. The van der Waals surface area contributed by atoms with Crippen molar-refractivity contribution in [1.82, 2.24) is 5.01 Å². The fraction of sp³-hybridized carbons (Fsp3) is 0.500. The summed E-state index contributed by atoms with van der Waals surface area (Å²) in [6.45, 7) is 3.63. The van der Waals surface area contributed by atoms with Gasteiger partial charge in [0.15, 0.2) is 0 Å². The van der Waals surface area contributed by atoms with Gasteiger partial charge in [0.2, 0.25) is 0 Å². The van der Waals surface area contributed by atoms with Crippen molar-refractivity contribution in [3.63, 3.8) is 0 Å². The molecular weight excluding hydrogens is 191 g/mol. The van der Waals surface area contributed by atoms with E-state index in [0.29, 0.717) is 5.92 Å². The summed E-state index contributed by atoms with van der Waals surface area (Å²) in [4.78, 5) is 0. The molecule has 2 N–H and O–H groups in total. The van der Waals surface area contributed by atoms with Gasteiger partial charge in [0.1, 0.15) is 5.82 Å². The van der Waals surface area contributed by atoms with Crippen molar-refractivity contribution in [1.29, 1.82) is 0 Å². The van der Waals surface area contributed by atoms with E-state index in [0.717, 1.165) is 37.1 Å². The minimum atomic E-state index is -0.110. The minimum absolute atomic E-state index is 0.110. The van der Waals surface area contributed by atoms with Gasteiger partial charge in [0.05, 0.1) is 0 Å². The van der Waals surface area contributed by atoms with Crippen molar-refractivity contribution >= 4 is 0 Å². The smallest absolute Gasteiger partial charge is 0.126 e. The molecule has 3 heteroatoms. The molecule has 0 bridgehead atoms. The Bertz CT molecular complexity index is 351. The standard InChI is InChI=1S/C12H17FN2/c1-9-11(5-2-6-12(9)13)10-4-3-7-15(14)8-10/h2,5-6,10H,3-4,7-8,14H2,1H3. The van der Waals surface area contributed by atoms with E-state index < -0.39 is 0 Å². The number of hydrazine groups is 1. The first kappa shape index (κ1) is 10.6. The van der Waals surface area contributed by atoms with Gasteiger partial charge in [0, 0.05) is 13.1 Å². The lowest BCUT2D eigenvalue weighted by atomic mass is 9.88. The summed E-state index contributed by atoms with van der Waals surface area (Å²) >= 11 is 0. The summed E-state index contributed by atoms with van der Waals surface area (Å²) in [5, 5.41) is 1.83. The predicted octanol–water partition coefficient (Wildman–Crippen LogP) is 2.19. The monoisotopic (exact) mass is 208 g/mol. The lowest BCUT2D eigenvalue weighted by Gasteiger charge is -2.30. The van der Waals surface area contributed by atoms with E-state index in [1.807, 2.05) is 18.0 Å². The van der Waals surface area contributed by atoms with Gasteiger partial charge in [-0.05, 0) is 42.9 Å². The van der Waals surface area contributed by atoms with Gasteiger partial charge in [-0.2, -0.15) is 0 Å². The molecule has 1 saturated heterocycles. The second-order valence-corrected chi connectivity index (χ2v) is 4.29. The number of hydrogen-bond donors (Lipinski definition) is 1. The van der Waals surface area contributed by atoms with Gasteiger partial charge in [-0.1, -0.05) is 12.1 Å².